The Labute approximate surface area is 124 Å². The minimum absolute atomic E-state index is 0.153. The van der Waals surface area contributed by atoms with Crippen LogP contribution in [-0.2, 0) is 4.79 Å². The molecule has 1 heterocycles. The zero-order valence-corrected chi connectivity index (χ0v) is 12.5. The first kappa shape index (κ1) is 15.5. The van der Waals surface area contributed by atoms with Crippen molar-refractivity contribution in [1.82, 2.24) is 5.32 Å². The Balaban J connectivity index is 2.54. The molecule has 114 valence electrons. The van der Waals surface area contributed by atoms with Crippen molar-refractivity contribution in [3.63, 3.8) is 0 Å². The van der Waals surface area contributed by atoms with E-state index in [1.54, 1.807) is 29.2 Å². The molecule has 0 radical (unpaired) electrons. The molecule has 0 fully saturated rings. The Bertz CT molecular complexity index is 541. The van der Waals surface area contributed by atoms with E-state index in [1.165, 1.54) is 0 Å². The highest BCUT2D eigenvalue weighted by Gasteiger charge is 2.43. The molecule has 0 spiro atoms. The third-order valence-corrected chi connectivity index (χ3v) is 4.17. The molecule has 1 N–H and O–H groups in total. The molecular weight excluding hydrogens is 271 g/mol. The van der Waals surface area contributed by atoms with Gasteiger partial charge in [-0.1, -0.05) is 26.0 Å². The van der Waals surface area contributed by atoms with Gasteiger partial charge in [-0.05, 0) is 31.4 Å². The summed E-state index contributed by atoms with van der Waals surface area (Å²) in [5, 5.41) is 2.88. The van der Waals surface area contributed by atoms with Gasteiger partial charge in [0, 0.05) is 6.54 Å². The maximum absolute atomic E-state index is 12.9. The van der Waals surface area contributed by atoms with Gasteiger partial charge >= 0.3 is 0 Å². The van der Waals surface area contributed by atoms with Crippen molar-refractivity contribution in [3.8, 4) is 0 Å². The fourth-order valence-corrected chi connectivity index (χ4v) is 2.78. The van der Waals surface area contributed by atoms with Gasteiger partial charge in [-0.15, -0.1) is 0 Å². The van der Waals surface area contributed by atoms with Crippen molar-refractivity contribution >= 4 is 17.5 Å². The van der Waals surface area contributed by atoms with Gasteiger partial charge in [0.25, 0.3) is 11.8 Å². The second kappa shape index (κ2) is 6.24. The van der Waals surface area contributed by atoms with Crippen molar-refractivity contribution in [2.45, 2.75) is 38.6 Å². The lowest BCUT2D eigenvalue weighted by molar-refractivity contribution is -0.124. The van der Waals surface area contributed by atoms with Crippen molar-refractivity contribution in [2.75, 3.05) is 18.1 Å². The van der Waals surface area contributed by atoms with Crippen LogP contribution in [0, 0.1) is 0 Å². The largest absolute Gasteiger partial charge is 0.338 e. The monoisotopic (exact) mass is 292 g/mol. The van der Waals surface area contributed by atoms with Gasteiger partial charge in [0.2, 0.25) is 0 Å². The van der Waals surface area contributed by atoms with Gasteiger partial charge in [-0.3, -0.25) is 14.0 Å². The predicted molar refractivity (Wildman–Crippen MR) is 80.2 cm³/mol. The summed E-state index contributed by atoms with van der Waals surface area (Å²) in [6.07, 6.45) is 1.28. The minimum Gasteiger partial charge on any atom is -0.338 e. The van der Waals surface area contributed by atoms with E-state index in [9.17, 15) is 14.0 Å². The van der Waals surface area contributed by atoms with Crippen LogP contribution in [0.3, 0.4) is 0 Å². The second-order valence-corrected chi connectivity index (χ2v) is 5.26. The quantitative estimate of drug-likeness (QED) is 0.907. The lowest BCUT2D eigenvalue weighted by Gasteiger charge is -2.33. The van der Waals surface area contributed by atoms with Crippen LogP contribution >= 0.6 is 0 Å². The highest BCUT2D eigenvalue weighted by Crippen LogP contribution is 2.30. The number of amides is 2. The zero-order valence-electron chi connectivity index (χ0n) is 12.5. The highest BCUT2D eigenvalue weighted by atomic mass is 19.1. The van der Waals surface area contributed by atoms with E-state index in [0.717, 1.165) is 0 Å². The maximum Gasteiger partial charge on any atom is 0.254 e. The second-order valence-electron chi connectivity index (χ2n) is 5.26. The fourth-order valence-electron chi connectivity index (χ4n) is 2.78. The molecule has 0 aliphatic carbocycles. The van der Waals surface area contributed by atoms with Crippen LogP contribution < -0.4 is 10.2 Å². The van der Waals surface area contributed by atoms with Crippen LogP contribution in [0.15, 0.2) is 24.3 Å². The number of benzene rings is 1. The minimum atomic E-state index is -0.910. The molecule has 1 aromatic carbocycles. The SMILES string of the molecule is CCC1(CC)NC(=O)c2ccccc2N(CCCF)C1=O. The van der Waals surface area contributed by atoms with Gasteiger partial charge in [-0.25, -0.2) is 0 Å². The van der Waals surface area contributed by atoms with Crippen LogP contribution in [-0.4, -0.2) is 30.6 Å². The standard InChI is InChI=1S/C16H21FN2O2/c1-3-16(4-2)15(21)19(11-7-10-17)13-9-6-5-8-12(13)14(20)18-16/h5-6,8-9H,3-4,7,10-11H2,1-2H3,(H,18,20). The molecule has 2 amide bonds. The number of carbonyl (C=O) groups is 2. The molecule has 21 heavy (non-hydrogen) atoms. The smallest absolute Gasteiger partial charge is 0.254 e. The van der Waals surface area contributed by atoms with E-state index in [4.69, 9.17) is 0 Å². The normalized spacial score (nSPS) is 17.2. The van der Waals surface area contributed by atoms with Gasteiger partial charge in [0.05, 0.1) is 17.9 Å². The number of alkyl halides is 1. The molecule has 0 saturated carbocycles. The summed E-state index contributed by atoms with van der Waals surface area (Å²) in [5.41, 5.74) is 0.123. The van der Waals surface area contributed by atoms with Gasteiger partial charge < -0.3 is 10.2 Å². The van der Waals surface area contributed by atoms with E-state index in [0.29, 0.717) is 24.1 Å². The summed E-state index contributed by atoms with van der Waals surface area (Å²) < 4.78 is 12.6. The van der Waals surface area contributed by atoms with E-state index in [1.807, 2.05) is 13.8 Å². The number of nitrogens with one attached hydrogen (secondary N) is 1. The van der Waals surface area contributed by atoms with Crippen molar-refractivity contribution in [3.05, 3.63) is 29.8 Å². The van der Waals surface area contributed by atoms with Gasteiger partial charge in [-0.2, -0.15) is 0 Å². The van der Waals surface area contributed by atoms with Crippen molar-refractivity contribution < 1.29 is 14.0 Å². The average Bonchev–Trinajstić information content (AvgIpc) is 2.61. The number of halogens is 1. The van der Waals surface area contributed by atoms with Crippen LogP contribution in [0.25, 0.3) is 0 Å². The van der Waals surface area contributed by atoms with Crippen LogP contribution in [0.2, 0.25) is 0 Å². The summed E-state index contributed by atoms with van der Waals surface area (Å²) in [5.74, 6) is -0.398. The first-order valence-electron chi connectivity index (χ1n) is 7.39. The summed E-state index contributed by atoms with van der Waals surface area (Å²) in [4.78, 5) is 26.9. The number of para-hydroxylation sites is 1. The molecule has 1 aromatic rings. The van der Waals surface area contributed by atoms with E-state index in [-0.39, 0.29) is 24.8 Å². The number of fused-ring (bicyclic) bond motifs is 1. The Kier molecular flexibility index (Phi) is 4.60. The molecular formula is C16H21FN2O2. The predicted octanol–water partition coefficient (Wildman–Crippen LogP) is 2.68. The summed E-state index contributed by atoms with van der Waals surface area (Å²) in [7, 11) is 0. The van der Waals surface area contributed by atoms with Crippen LogP contribution in [0.1, 0.15) is 43.5 Å². The third kappa shape index (κ3) is 2.64. The van der Waals surface area contributed by atoms with Crippen molar-refractivity contribution in [2.24, 2.45) is 0 Å². The Morgan fingerprint density at radius 3 is 2.48 bits per heavy atom. The average molecular weight is 292 g/mol. The van der Waals surface area contributed by atoms with E-state index in [2.05, 4.69) is 5.32 Å². The van der Waals surface area contributed by atoms with Gasteiger partial charge in [0.1, 0.15) is 5.54 Å². The summed E-state index contributed by atoms with van der Waals surface area (Å²) in [6, 6.07) is 6.99. The van der Waals surface area contributed by atoms with Crippen LogP contribution in [0.4, 0.5) is 10.1 Å². The number of hydrogen-bond acceptors (Lipinski definition) is 2. The van der Waals surface area contributed by atoms with Crippen molar-refractivity contribution in [1.29, 1.82) is 0 Å². The number of anilines is 1. The van der Waals surface area contributed by atoms with Crippen LogP contribution in [0.5, 0.6) is 0 Å². The van der Waals surface area contributed by atoms with E-state index >= 15 is 0 Å². The number of carbonyl (C=O) groups excluding carboxylic acids is 2. The number of hydrogen-bond donors (Lipinski definition) is 1. The molecule has 5 heteroatoms. The van der Waals surface area contributed by atoms with E-state index < -0.39 is 12.2 Å². The third-order valence-electron chi connectivity index (χ3n) is 4.17. The Hall–Kier alpha value is -1.91. The lowest BCUT2D eigenvalue weighted by atomic mass is 9.91. The lowest BCUT2D eigenvalue weighted by Crippen LogP contribution is -2.57. The summed E-state index contributed by atoms with van der Waals surface area (Å²) >= 11 is 0. The zero-order chi connectivity index (χ0) is 15.5. The molecule has 2 rings (SSSR count). The molecule has 0 saturated heterocycles. The number of rotatable bonds is 5. The first-order chi connectivity index (χ1) is 10.1. The highest BCUT2D eigenvalue weighted by molar-refractivity contribution is 6.12. The molecule has 1 aliphatic heterocycles. The molecule has 0 aromatic heterocycles. The van der Waals surface area contributed by atoms with Gasteiger partial charge in [0.15, 0.2) is 0 Å². The molecule has 0 unspecified atom stereocenters. The number of nitrogens with zero attached hydrogens (tertiary/aromatic N) is 1. The Morgan fingerprint density at radius 1 is 1.19 bits per heavy atom. The maximum atomic E-state index is 12.9. The fraction of sp³-hybridized carbons (Fsp3) is 0.500. The molecule has 0 atom stereocenters. The molecule has 1 aliphatic rings. The molecule has 4 nitrogen and oxygen atoms in total. The Morgan fingerprint density at radius 2 is 1.86 bits per heavy atom. The molecule has 0 bridgehead atoms. The first-order valence-corrected chi connectivity index (χ1v) is 7.39. The summed E-state index contributed by atoms with van der Waals surface area (Å²) in [6.45, 7) is 3.55. The topological polar surface area (TPSA) is 49.4 Å².